The highest BCUT2D eigenvalue weighted by molar-refractivity contribution is 5.18. The minimum absolute atomic E-state index is 0.286. The van der Waals surface area contributed by atoms with Gasteiger partial charge < -0.3 is 15.0 Å². The van der Waals surface area contributed by atoms with Gasteiger partial charge in [-0.3, -0.25) is 0 Å². The van der Waals surface area contributed by atoms with Crippen molar-refractivity contribution in [3.8, 4) is 0 Å². The first kappa shape index (κ1) is 15.1. The van der Waals surface area contributed by atoms with E-state index < -0.39 is 6.10 Å². The molecule has 2 unspecified atom stereocenters. The molecule has 2 aromatic rings. The van der Waals surface area contributed by atoms with Crippen molar-refractivity contribution in [3.63, 3.8) is 0 Å². The summed E-state index contributed by atoms with van der Waals surface area (Å²) in [4.78, 5) is 0. The molecular weight excluding hydrogens is 283 g/mol. The molecule has 6 heteroatoms. The lowest BCUT2D eigenvalue weighted by molar-refractivity contribution is 0.170. The third kappa shape index (κ3) is 3.34. The van der Waals surface area contributed by atoms with Crippen molar-refractivity contribution in [1.29, 1.82) is 0 Å². The molecule has 1 aliphatic heterocycles. The highest BCUT2D eigenvalue weighted by Crippen LogP contribution is 2.19. The predicted molar refractivity (Wildman–Crippen MR) is 80.8 cm³/mol. The highest BCUT2D eigenvalue weighted by atomic mass is 19.1. The average Bonchev–Trinajstić information content (AvgIpc) is 2.89. The van der Waals surface area contributed by atoms with Crippen LogP contribution in [0.25, 0.3) is 0 Å². The smallest absolute Gasteiger partial charge is 0.133 e. The Morgan fingerprint density at radius 1 is 1.36 bits per heavy atom. The van der Waals surface area contributed by atoms with Crippen LogP contribution in [0.15, 0.2) is 24.3 Å². The van der Waals surface area contributed by atoms with Crippen LogP contribution < -0.4 is 5.32 Å². The van der Waals surface area contributed by atoms with Gasteiger partial charge in [-0.15, -0.1) is 10.2 Å². The van der Waals surface area contributed by atoms with E-state index in [1.807, 2.05) is 6.92 Å². The lowest BCUT2D eigenvalue weighted by atomic mass is 9.99. The average molecular weight is 304 g/mol. The van der Waals surface area contributed by atoms with E-state index in [1.165, 1.54) is 12.1 Å². The van der Waals surface area contributed by atoms with Gasteiger partial charge in [0.2, 0.25) is 0 Å². The minimum Gasteiger partial charge on any atom is -0.387 e. The third-order valence-electron chi connectivity index (χ3n) is 4.25. The summed E-state index contributed by atoms with van der Waals surface area (Å²) < 4.78 is 15.0. The van der Waals surface area contributed by atoms with Crippen LogP contribution in [0.4, 0.5) is 4.39 Å². The molecule has 2 N–H and O–H groups in total. The Bertz CT molecular complexity index is 626. The lowest BCUT2D eigenvalue weighted by Gasteiger charge is -2.24. The summed E-state index contributed by atoms with van der Waals surface area (Å²) in [6.45, 7) is 4.21. The Kier molecular flexibility index (Phi) is 4.49. The number of aryl methyl sites for hydroxylation is 2. The Morgan fingerprint density at radius 3 is 2.91 bits per heavy atom. The minimum atomic E-state index is -0.614. The van der Waals surface area contributed by atoms with Crippen LogP contribution in [0.3, 0.4) is 0 Å². The number of aliphatic hydroxyl groups excluding tert-OH is 1. The SMILES string of the molecule is Cc1nnc2n1CC(CNCC(O)c1ccc(F)cc1)CC2. The van der Waals surface area contributed by atoms with Crippen LogP contribution in [0.2, 0.25) is 0 Å². The second kappa shape index (κ2) is 6.54. The number of aliphatic hydroxyl groups is 1. The van der Waals surface area contributed by atoms with Gasteiger partial charge in [-0.25, -0.2) is 4.39 Å². The van der Waals surface area contributed by atoms with Crippen LogP contribution in [-0.2, 0) is 13.0 Å². The van der Waals surface area contributed by atoms with Crippen LogP contribution in [0.5, 0.6) is 0 Å². The topological polar surface area (TPSA) is 63.0 Å². The highest BCUT2D eigenvalue weighted by Gasteiger charge is 2.21. The molecule has 2 heterocycles. The number of nitrogens with one attached hydrogen (secondary N) is 1. The lowest BCUT2D eigenvalue weighted by Crippen LogP contribution is -2.32. The summed E-state index contributed by atoms with van der Waals surface area (Å²) >= 11 is 0. The molecule has 0 bridgehead atoms. The van der Waals surface area contributed by atoms with E-state index >= 15 is 0 Å². The van der Waals surface area contributed by atoms with Gasteiger partial charge in [0.1, 0.15) is 17.5 Å². The van der Waals surface area contributed by atoms with Gasteiger partial charge >= 0.3 is 0 Å². The fourth-order valence-electron chi connectivity index (χ4n) is 2.92. The second-order valence-corrected chi connectivity index (χ2v) is 5.90. The molecule has 0 saturated carbocycles. The van der Waals surface area contributed by atoms with Gasteiger partial charge in [-0.05, 0) is 43.5 Å². The Morgan fingerprint density at radius 2 is 2.14 bits per heavy atom. The predicted octanol–water partition coefficient (Wildman–Crippen LogP) is 1.61. The van der Waals surface area contributed by atoms with Gasteiger partial charge in [0.05, 0.1) is 6.10 Å². The number of halogens is 1. The second-order valence-electron chi connectivity index (χ2n) is 5.90. The van der Waals surface area contributed by atoms with E-state index in [4.69, 9.17) is 0 Å². The van der Waals surface area contributed by atoms with Crippen LogP contribution in [0.1, 0.15) is 29.7 Å². The molecule has 5 nitrogen and oxygen atoms in total. The van der Waals surface area contributed by atoms with E-state index in [1.54, 1.807) is 12.1 Å². The Balaban J connectivity index is 1.47. The largest absolute Gasteiger partial charge is 0.387 e. The molecule has 2 atom stereocenters. The maximum atomic E-state index is 12.9. The molecular formula is C16H21FN4O. The number of rotatable bonds is 5. The zero-order valence-electron chi connectivity index (χ0n) is 12.7. The number of aromatic nitrogens is 3. The van der Waals surface area contributed by atoms with Gasteiger partial charge in [0.25, 0.3) is 0 Å². The van der Waals surface area contributed by atoms with E-state index in [-0.39, 0.29) is 5.82 Å². The van der Waals surface area contributed by atoms with Crippen molar-refractivity contribution < 1.29 is 9.50 Å². The van der Waals surface area contributed by atoms with E-state index in [0.29, 0.717) is 12.5 Å². The quantitative estimate of drug-likeness (QED) is 0.881. The van der Waals surface area contributed by atoms with E-state index in [0.717, 1.165) is 43.1 Å². The van der Waals surface area contributed by atoms with Gasteiger partial charge in [-0.1, -0.05) is 12.1 Å². The van der Waals surface area contributed by atoms with Gasteiger partial charge in [0.15, 0.2) is 0 Å². The van der Waals surface area contributed by atoms with Crippen LogP contribution >= 0.6 is 0 Å². The zero-order chi connectivity index (χ0) is 15.5. The molecule has 0 aliphatic carbocycles. The summed E-state index contributed by atoms with van der Waals surface area (Å²) in [6.07, 6.45) is 1.42. The summed E-state index contributed by atoms with van der Waals surface area (Å²) in [7, 11) is 0. The summed E-state index contributed by atoms with van der Waals surface area (Å²) in [5, 5.41) is 21.7. The number of hydrogen-bond acceptors (Lipinski definition) is 4. The van der Waals surface area contributed by atoms with E-state index in [2.05, 4.69) is 20.1 Å². The van der Waals surface area contributed by atoms with E-state index in [9.17, 15) is 9.50 Å². The standard InChI is InChI=1S/C16H21FN4O/c1-11-19-20-16-7-2-12(10-21(11)16)8-18-9-15(22)13-3-5-14(17)6-4-13/h3-6,12,15,18,22H,2,7-10H2,1H3. The maximum Gasteiger partial charge on any atom is 0.133 e. The normalized spacial score (nSPS) is 19.0. The first-order chi connectivity index (χ1) is 10.6. The molecule has 3 rings (SSSR count). The Hall–Kier alpha value is -1.79. The molecule has 0 radical (unpaired) electrons. The molecule has 0 spiro atoms. The number of nitrogens with zero attached hydrogens (tertiary/aromatic N) is 3. The number of fused-ring (bicyclic) bond motifs is 1. The molecule has 22 heavy (non-hydrogen) atoms. The maximum absolute atomic E-state index is 12.9. The van der Waals surface area contributed by atoms with Gasteiger partial charge in [-0.2, -0.15) is 0 Å². The fourth-order valence-corrected chi connectivity index (χ4v) is 2.92. The molecule has 1 aromatic carbocycles. The zero-order valence-corrected chi connectivity index (χ0v) is 12.7. The number of hydrogen-bond donors (Lipinski definition) is 2. The van der Waals surface area contributed by atoms with Crippen molar-refractivity contribution in [2.75, 3.05) is 13.1 Å². The molecule has 0 amide bonds. The van der Waals surface area contributed by atoms with Crippen LogP contribution in [0, 0.1) is 18.7 Å². The number of benzene rings is 1. The fraction of sp³-hybridized carbons (Fsp3) is 0.500. The van der Waals surface area contributed by atoms with Crippen molar-refractivity contribution in [2.24, 2.45) is 5.92 Å². The van der Waals surface area contributed by atoms with Crippen molar-refractivity contribution in [1.82, 2.24) is 20.1 Å². The first-order valence-corrected chi connectivity index (χ1v) is 7.66. The molecule has 0 saturated heterocycles. The summed E-state index contributed by atoms with van der Waals surface area (Å²) in [5.41, 5.74) is 0.731. The molecule has 0 fully saturated rings. The monoisotopic (exact) mass is 304 g/mol. The Labute approximate surface area is 129 Å². The van der Waals surface area contributed by atoms with Gasteiger partial charge in [0, 0.05) is 19.5 Å². The third-order valence-corrected chi connectivity index (χ3v) is 4.25. The van der Waals surface area contributed by atoms with Crippen molar-refractivity contribution in [3.05, 3.63) is 47.3 Å². The van der Waals surface area contributed by atoms with Crippen molar-refractivity contribution in [2.45, 2.75) is 32.4 Å². The first-order valence-electron chi connectivity index (χ1n) is 7.66. The molecule has 118 valence electrons. The summed E-state index contributed by atoms with van der Waals surface area (Å²) in [5.74, 6) is 2.26. The molecule has 1 aromatic heterocycles. The molecule has 1 aliphatic rings. The van der Waals surface area contributed by atoms with Crippen LogP contribution in [-0.4, -0.2) is 33.0 Å². The van der Waals surface area contributed by atoms with Crippen molar-refractivity contribution >= 4 is 0 Å². The summed E-state index contributed by atoms with van der Waals surface area (Å²) in [6, 6.07) is 5.98.